The Kier molecular flexibility index (Phi) is 7.58. The minimum Gasteiger partial charge on any atom is -0.497 e. The lowest BCUT2D eigenvalue weighted by Crippen LogP contribution is -2.59. The Morgan fingerprint density at radius 3 is 2.49 bits per heavy atom. The normalized spacial score (nSPS) is 21.6. The summed E-state index contributed by atoms with van der Waals surface area (Å²) in [6.45, 7) is 1.02. The van der Waals surface area contributed by atoms with E-state index in [-0.39, 0.29) is 12.5 Å². The van der Waals surface area contributed by atoms with Gasteiger partial charge in [0, 0.05) is 19.5 Å². The molecule has 2 aliphatic heterocycles. The standard InChI is InChI=1S/C27H32N2O6/c1-33-22-12-6-11-21(17-22)18-27(25(31)34-2)14-8-16-29(27)24(30)23-13-7-15-28(23)26(32)35-19-20-9-4-3-5-10-20/h3-6,9-12,17,23H,7-8,13-16,18-19H2,1-2H3/t23-,27?/m0/s1. The molecule has 2 heterocycles. The van der Waals surface area contributed by atoms with E-state index in [4.69, 9.17) is 14.2 Å². The third-order valence-electron chi connectivity index (χ3n) is 6.93. The zero-order valence-electron chi connectivity index (χ0n) is 20.3. The van der Waals surface area contributed by atoms with Crippen molar-refractivity contribution in [1.29, 1.82) is 0 Å². The van der Waals surface area contributed by atoms with Gasteiger partial charge in [-0.3, -0.25) is 9.69 Å². The van der Waals surface area contributed by atoms with Crippen LogP contribution in [0.1, 0.15) is 36.8 Å². The maximum Gasteiger partial charge on any atom is 0.410 e. The maximum absolute atomic E-state index is 13.8. The summed E-state index contributed by atoms with van der Waals surface area (Å²) in [5.41, 5.74) is 0.630. The predicted molar refractivity (Wildman–Crippen MR) is 129 cm³/mol. The molecule has 0 N–H and O–H groups in total. The fraction of sp³-hybridized carbons (Fsp3) is 0.444. The highest BCUT2D eigenvalue weighted by atomic mass is 16.6. The summed E-state index contributed by atoms with van der Waals surface area (Å²) in [5, 5.41) is 0. The van der Waals surface area contributed by atoms with Gasteiger partial charge in [0.2, 0.25) is 5.91 Å². The summed E-state index contributed by atoms with van der Waals surface area (Å²) in [6, 6.07) is 16.2. The second kappa shape index (κ2) is 10.8. The van der Waals surface area contributed by atoms with Crippen LogP contribution in [0.5, 0.6) is 5.75 Å². The quantitative estimate of drug-likeness (QED) is 0.564. The summed E-state index contributed by atoms with van der Waals surface area (Å²) >= 11 is 0. The average Bonchev–Trinajstić information content (AvgIpc) is 3.55. The van der Waals surface area contributed by atoms with E-state index in [1.807, 2.05) is 54.6 Å². The molecule has 0 bridgehead atoms. The largest absolute Gasteiger partial charge is 0.497 e. The van der Waals surface area contributed by atoms with E-state index in [1.165, 1.54) is 12.0 Å². The van der Waals surface area contributed by atoms with Crippen molar-refractivity contribution in [3.05, 3.63) is 65.7 Å². The summed E-state index contributed by atoms with van der Waals surface area (Å²) in [5.74, 6) is 0.00819. The lowest BCUT2D eigenvalue weighted by molar-refractivity contribution is -0.160. The average molecular weight is 481 g/mol. The Morgan fingerprint density at radius 2 is 1.74 bits per heavy atom. The number of benzene rings is 2. The van der Waals surface area contributed by atoms with E-state index in [0.29, 0.717) is 50.9 Å². The van der Waals surface area contributed by atoms with Crippen molar-refractivity contribution in [2.24, 2.45) is 0 Å². The summed E-state index contributed by atoms with van der Waals surface area (Å²) in [7, 11) is 2.94. The van der Waals surface area contributed by atoms with Crippen LogP contribution in [-0.2, 0) is 32.1 Å². The van der Waals surface area contributed by atoms with Crippen LogP contribution in [-0.4, -0.2) is 66.7 Å². The third kappa shape index (κ3) is 5.11. The third-order valence-corrected chi connectivity index (χ3v) is 6.93. The van der Waals surface area contributed by atoms with Gasteiger partial charge >= 0.3 is 12.1 Å². The van der Waals surface area contributed by atoms with Gasteiger partial charge in [0.1, 0.15) is 23.9 Å². The summed E-state index contributed by atoms with van der Waals surface area (Å²) < 4.78 is 16.0. The van der Waals surface area contributed by atoms with Crippen molar-refractivity contribution in [3.63, 3.8) is 0 Å². The Bertz CT molecular complexity index is 1060. The molecule has 8 heteroatoms. The molecule has 2 aliphatic rings. The van der Waals surface area contributed by atoms with Crippen LogP contribution >= 0.6 is 0 Å². The van der Waals surface area contributed by atoms with Crippen LogP contribution < -0.4 is 4.74 Å². The van der Waals surface area contributed by atoms with Crippen LogP contribution in [0.4, 0.5) is 4.79 Å². The number of hydrogen-bond donors (Lipinski definition) is 0. The number of hydrogen-bond acceptors (Lipinski definition) is 6. The van der Waals surface area contributed by atoms with E-state index in [2.05, 4.69) is 0 Å². The number of nitrogens with zero attached hydrogens (tertiary/aromatic N) is 2. The fourth-order valence-electron chi connectivity index (χ4n) is 5.20. The first-order valence-electron chi connectivity index (χ1n) is 12.0. The molecule has 2 amide bonds. The molecular weight excluding hydrogens is 448 g/mol. The zero-order chi connectivity index (χ0) is 24.8. The number of ether oxygens (including phenoxy) is 3. The molecule has 4 rings (SSSR count). The number of carbonyl (C=O) groups is 3. The highest BCUT2D eigenvalue weighted by Gasteiger charge is 2.53. The second-order valence-electron chi connectivity index (χ2n) is 9.04. The van der Waals surface area contributed by atoms with E-state index in [1.54, 1.807) is 12.0 Å². The van der Waals surface area contributed by atoms with Crippen LogP contribution in [0.25, 0.3) is 0 Å². The Balaban J connectivity index is 1.53. The van der Waals surface area contributed by atoms with Crippen LogP contribution in [0.15, 0.2) is 54.6 Å². The summed E-state index contributed by atoms with van der Waals surface area (Å²) in [6.07, 6.45) is 2.20. The molecule has 8 nitrogen and oxygen atoms in total. The van der Waals surface area contributed by atoms with E-state index >= 15 is 0 Å². The van der Waals surface area contributed by atoms with Gasteiger partial charge in [0.15, 0.2) is 0 Å². The molecule has 2 aromatic carbocycles. The van der Waals surface area contributed by atoms with Crippen molar-refractivity contribution in [1.82, 2.24) is 9.80 Å². The minimum atomic E-state index is -1.12. The number of carbonyl (C=O) groups excluding carboxylic acids is 3. The number of amides is 2. The maximum atomic E-state index is 13.8. The fourth-order valence-corrected chi connectivity index (χ4v) is 5.20. The molecule has 0 aromatic heterocycles. The smallest absolute Gasteiger partial charge is 0.410 e. The topological polar surface area (TPSA) is 85.4 Å². The first-order valence-corrected chi connectivity index (χ1v) is 12.0. The number of rotatable bonds is 7. The number of esters is 1. The van der Waals surface area contributed by atoms with E-state index < -0.39 is 23.6 Å². The molecule has 0 radical (unpaired) electrons. The van der Waals surface area contributed by atoms with Gasteiger partial charge in [0.25, 0.3) is 0 Å². The van der Waals surface area contributed by atoms with Gasteiger partial charge in [-0.15, -0.1) is 0 Å². The molecule has 35 heavy (non-hydrogen) atoms. The first kappa shape index (κ1) is 24.6. The molecule has 2 aromatic rings. The van der Waals surface area contributed by atoms with Crippen LogP contribution in [0, 0.1) is 0 Å². The lowest BCUT2D eigenvalue weighted by atomic mass is 9.87. The summed E-state index contributed by atoms with van der Waals surface area (Å²) in [4.78, 5) is 43.0. The molecule has 2 fully saturated rings. The lowest BCUT2D eigenvalue weighted by Gasteiger charge is -2.38. The van der Waals surface area contributed by atoms with Gasteiger partial charge < -0.3 is 19.1 Å². The molecule has 0 aliphatic carbocycles. The predicted octanol–water partition coefficient (Wildman–Crippen LogP) is 3.57. The van der Waals surface area contributed by atoms with Crippen molar-refractivity contribution < 1.29 is 28.6 Å². The SMILES string of the molecule is COC(=O)C1(Cc2cccc(OC)c2)CCCN1C(=O)[C@@H]1CCCN1C(=O)OCc1ccccc1. The molecule has 2 atom stereocenters. The molecule has 1 unspecified atom stereocenters. The first-order chi connectivity index (χ1) is 17.0. The molecule has 0 spiro atoms. The van der Waals surface area contributed by atoms with Crippen LogP contribution in [0.2, 0.25) is 0 Å². The van der Waals surface area contributed by atoms with Crippen molar-refractivity contribution >= 4 is 18.0 Å². The number of methoxy groups -OCH3 is 2. The van der Waals surface area contributed by atoms with E-state index in [9.17, 15) is 14.4 Å². The van der Waals surface area contributed by atoms with Gasteiger partial charge in [-0.2, -0.15) is 0 Å². The van der Waals surface area contributed by atoms with Crippen LogP contribution in [0.3, 0.4) is 0 Å². The van der Waals surface area contributed by atoms with Crippen molar-refractivity contribution in [3.8, 4) is 5.75 Å². The van der Waals surface area contributed by atoms with Crippen molar-refractivity contribution in [2.75, 3.05) is 27.3 Å². The highest BCUT2D eigenvalue weighted by molar-refractivity contribution is 5.93. The van der Waals surface area contributed by atoms with Gasteiger partial charge in [-0.1, -0.05) is 42.5 Å². The number of likely N-dealkylation sites (tertiary alicyclic amines) is 2. The molecule has 186 valence electrons. The zero-order valence-corrected chi connectivity index (χ0v) is 20.3. The van der Waals surface area contributed by atoms with Gasteiger partial charge in [-0.05, 0) is 48.9 Å². The monoisotopic (exact) mass is 480 g/mol. The molecular formula is C27H32N2O6. The Labute approximate surface area is 205 Å². The minimum absolute atomic E-state index is 0.142. The molecule has 2 saturated heterocycles. The van der Waals surface area contributed by atoms with Crippen molar-refractivity contribution in [2.45, 2.75) is 50.3 Å². The highest BCUT2D eigenvalue weighted by Crippen LogP contribution is 2.37. The van der Waals surface area contributed by atoms with Gasteiger partial charge in [0.05, 0.1) is 14.2 Å². The molecule has 0 saturated carbocycles. The Hall–Kier alpha value is -3.55. The van der Waals surface area contributed by atoms with E-state index in [0.717, 1.165) is 11.1 Å². The Morgan fingerprint density at radius 1 is 0.971 bits per heavy atom. The second-order valence-corrected chi connectivity index (χ2v) is 9.04. The van der Waals surface area contributed by atoms with Gasteiger partial charge in [-0.25, -0.2) is 9.59 Å².